The second-order valence-electron chi connectivity index (χ2n) is 5.37. The number of nitrogens with one attached hydrogen (secondary N) is 2. The highest BCUT2D eigenvalue weighted by Crippen LogP contribution is 2.28. The highest BCUT2D eigenvalue weighted by molar-refractivity contribution is 5.84. The summed E-state index contributed by atoms with van der Waals surface area (Å²) in [5.41, 5.74) is 4.08. The van der Waals surface area contributed by atoms with Crippen LogP contribution in [0.15, 0.2) is 30.3 Å². The van der Waals surface area contributed by atoms with Gasteiger partial charge in [0.25, 0.3) is 0 Å². The van der Waals surface area contributed by atoms with E-state index in [-0.39, 0.29) is 18.4 Å². The molecule has 114 valence electrons. The fourth-order valence-corrected chi connectivity index (χ4v) is 2.65. The number of hydrogen-bond acceptors (Lipinski definition) is 3. The van der Waals surface area contributed by atoms with Gasteiger partial charge in [-0.05, 0) is 0 Å². The Hall–Kier alpha value is -2.63. The standard InChI is InChI=1S/C16H18N4O2/c1-11(21)17-9-15(22)20-8-7-14-13(10-20)16(19-18-14)12-5-3-2-4-6-12/h2-6H,7-10H2,1H3,(H,17,21)(H,18,19). The molecule has 22 heavy (non-hydrogen) atoms. The molecule has 1 aromatic carbocycles. The number of aromatic amines is 1. The van der Waals surface area contributed by atoms with E-state index in [0.717, 1.165) is 28.9 Å². The Kier molecular flexibility index (Phi) is 3.91. The van der Waals surface area contributed by atoms with Gasteiger partial charge >= 0.3 is 0 Å². The quantitative estimate of drug-likeness (QED) is 0.890. The number of nitrogens with zero attached hydrogens (tertiary/aromatic N) is 2. The van der Waals surface area contributed by atoms with Crippen molar-refractivity contribution in [2.45, 2.75) is 19.9 Å². The van der Waals surface area contributed by atoms with E-state index in [1.165, 1.54) is 6.92 Å². The van der Waals surface area contributed by atoms with Crippen LogP contribution in [0.4, 0.5) is 0 Å². The lowest BCUT2D eigenvalue weighted by Crippen LogP contribution is -2.42. The largest absolute Gasteiger partial charge is 0.347 e. The van der Waals surface area contributed by atoms with Crippen molar-refractivity contribution in [3.63, 3.8) is 0 Å². The van der Waals surface area contributed by atoms with Crippen LogP contribution < -0.4 is 5.32 Å². The number of H-pyrrole nitrogens is 1. The van der Waals surface area contributed by atoms with E-state index < -0.39 is 0 Å². The first-order valence-electron chi connectivity index (χ1n) is 7.29. The Labute approximate surface area is 128 Å². The van der Waals surface area contributed by atoms with Gasteiger partial charge in [0.05, 0.1) is 12.2 Å². The van der Waals surface area contributed by atoms with E-state index in [2.05, 4.69) is 15.5 Å². The Morgan fingerprint density at radius 2 is 2.09 bits per heavy atom. The fraction of sp³-hybridized carbons (Fsp3) is 0.312. The maximum atomic E-state index is 12.2. The van der Waals surface area contributed by atoms with E-state index in [1.807, 2.05) is 30.3 Å². The molecule has 6 nitrogen and oxygen atoms in total. The minimum Gasteiger partial charge on any atom is -0.347 e. The van der Waals surface area contributed by atoms with Gasteiger partial charge in [0.15, 0.2) is 0 Å². The van der Waals surface area contributed by atoms with Crippen molar-refractivity contribution >= 4 is 11.8 Å². The van der Waals surface area contributed by atoms with Crippen molar-refractivity contribution < 1.29 is 9.59 Å². The van der Waals surface area contributed by atoms with Gasteiger partial charge in [-0.1, -0.05) is 30.3 Å². The fourth-order valence-electron chi connectivity index (χ4n) is 2.65. The van der Waals surface area contributed by atoms with Crippen molar-refractivity contribution in [1.29, 1.82) is 0 Å². The average Bonchev–Trinajstić information content (AvgIpc) is 2.96. The van der Waals surface area contributed by atoms with Crippen molar-refractivity contribution in [2.75, 3.05) is 13.1 Å². The van der Waals surface area contributed by atoms with Gasteiger partial charge in [0.1, 0.15) is 0 Å². The summed E-state index contributed by atoms with van der Waals surface area (Å²) in [6.07, 6.45) is 0.751. The zero-order valence-electron chi connectivity index (χ0n) is 12.4. The molecule has 0 fully saturated rings. The van der Waals surface area contributed by atoms with E-state index in [9.17, 15) is 9.59 Å². The van der Waals surface area contributed by atoms with Crippen molar-refractivity contribution in [3.05, 3.63) is 41.6 Å². The third-order valence-corrected chi connectivity index (χ3v) is 3.82. The lowest BCUT2D eigenvalue weighted by molar-refractivity contribution is -0.133. The van der Waals surface area contributed by atoms with Crippen LogP contribution >= 0.6 is 0 Å². The number of aromatic nitrogens is 2. The SMILES string of the molecule is CC(=O)NCC(=O)N1CCc2[nH]nc(-c3ccccc3)c2C1. The van der Waals surface area contributed by atoms with Gasteiger partial charge in [-0.15, -0.1) is 0 Å². The van der Waals surface area contributed by atoms with E-state index >= 15 is 0 Å². The number of rotatable bonds is 3. The first-order chi connectivity index (χ1) is 10.6. The zero-order valence-corrected chi connectivity index (χ0v) is 12.4. The number of hydrogen-bond donors (Lipinski definition) is 2. The Bertz CT molecular complexity index is 693. The second-order valence-corrected chi connectivity index (χ2v) is 5.37. The minimum absolute atomic E-state index is 0.0448. The smallest absolute Gasteiger partial charge is 0.242 e. The summed E-state index contributed by atoms with van der Waals surface area (Å²) in [6.45, 7) is 2.62. The van der Waals surface area contributed by atoms with Crippen molar-refractivity contribution in [3.8, 4) is 11.3 Å². The molecule has 2 N–H and O–H groups in total. The van der Waals surface area contributed by atoms with Crippen LogP contribution in [0, 0.1) is 0 Å². The van der Waals surface area contributed by atoms with Gasteiger partial charge in [0.2, 0.25) is 11.8 Å². The van der Waals surface area contributed by atoms with E-state index in [4.69, 9.17) is 0 Å². The highest BCUT2D eigenvalue weighted by Gasteiger charge is 2.25. The molecule has 0 saturated heterocycles. The predicted octanol–water partition coefficient (Wildman–Crippen LogP) is 1.10. The minimum atomic E-state index is -0.195. The van der Waals surface area contributed by atoms with Crippen molar-refractivity contribution in [2.24, 2.45) is 0 Å². The maximum Gasteiger partial charge on any atom is 0.242 e. The Morgan fingerprint density at radius 3 is 2.82 bits per heavy atom. The number of benzene rings is 1. The van der Waals surface area contributed by atoms with Crippen LogP contribution in [-0.4, -0.2) is 40.0 Å². The Morgan fingerprint density at radius 1 is 1.32 bits per heavy atom. The van der Waals surface area contributed by atoms with Crippen molar-refractivity contribution in [1.82, 2.24) is 20.4 Å². The summed E-state index contributed by atoms with van der Waals surface area (Å²) < 4.78 is 0. The van der Waals surface area contributed by atoms with Crippen LogP contribution in [0.25, 0.3) is 11.3 Å². The molecule has 1 aliphatic heterocycles. The summed E-state index contributed by atoms with van der Waals surface area (Å²) in [5.74, 6) is -0.264. The number of amides is 2. The van der Waals surface area contributed by atoms with Crippen LogP contribution in [-0.2, 0) is 22.6 Å². The molecule has 0 radical (unpaired) electrons. The first-order valence-corrected chi connectivity index (χ1v) is 7.29. The second kappa shape index (κ2) is 6.01. The van der Waals surface area contributed by atoms with Crippen LogP contribution in [0.3, 0.4) is 0 Å². The summed E-state index contributed by atoms with van der Waals surface area (Å²) in [5, 5.41) is 10.0. The lowest BCUT2D eigenvalue weighted by atomic mass is 10.0. The van der Waals surface area contributed by atoms with Gasteiger partial charge in [-0.25, -0.2) is 0 Å². The third kappa shape index (κ3) is 2.86. The molecule has 0 spiro atoms. The number of fused-ring (bicyclic) bond motifs is 1. The molecule has 2 heterocycles. The molecule has 0 saturated carbocycles. The van der Waals surface area contributed by atoms with Gasteiger partial charge in [-0.3, -0.25) is 14.7 Å². The molecule has 0 aliphatic carbocycles. The summed E-state index contributed by atoms with van der Waals surface area (Å²) in [4.78, 5) is 24.9. The van der Waals surface area contributed by atoms with Gasteiger partial charge in [-0.2, -0.15) is 5.10 Å². The van der Waals surface area contributed by atoms with E-state index in [0.29, 0.717) is 13.1 Å². The van der Waals surface area contributed by atoms with Gasteiger partial charge in [0, 0.05) is 43.3 Å². The lowest BCUT2D eigenvalue weighted by Gasteiger charge is -2.27. The molecule has 3 rings (SSSR count). The molecule has 6 heteroatoms. The zero-order chi connectivity index (χ0) is 15.5. The van der Waals surface area contributed by atoms with Crippen LogP contribution in [0.2, 0.25) is 0 Å². The van der Waals surface area contributed by atoms with Gasteiger partial charge < -0.3 is 10.2 Å². The molecular weight excluding hydrogens is 280 g/mol. The predicted molar refractivity (Wildman–Crippen MR) is 81.8 cm³/mol. The molecule has 0 unspecified atom stereocenters. The van der Waals surface area contributed by atoms with E-state index in [1.54, 1.807) is 4.90 Å². The molecule has 1 aliphatic rings. The number of carbonyl (C=O) groups excluding carboxylic acids is 2. The normalized spacial score (nSPS) is 13.6. The molecule has 2 amide bonds. The molecule has 0 bridgehead atoms. The topological polar surface area (TPSA) is 78.1 Å². The summed E-state index contributed by atoms with van der Waals surface area (Å²) >= 11 is 0. The summed E-state index contributed by atoms with van der Waals surface area (Å²) in [7, 11) is 0. The Balaban J connectivity index is 1.79. The molecule has 2 aromatic rings. The molecule has 1 aromatic heterocycles. The summed E-state index contributed by atoms with van der Waals surface area (Å²) in [6, 6.07) is 9.92. The third-order valence-electron chi connectivity index (χ3n) is 3.82. The highest BCUT2D eigenvalue weighted by atomic mass is 16.2. The first kappa shape index (κ1) is 14.3. The molecular formula is C16H18N4O2. The average molecular weight is 298 g/mol. The monoisotopic (exact) mass is 298 g/mol. The molecule has 0 atom stereocenters. The van der Waals surface area contributed by atoms with Crippen LogP contribution in [0.1, 0.15) is 18.2 Å². The number of carbonyl (C=O) groups is 2. The van der Waals surface area contributed by atoms with Crippen LogP contribution in [0.5, 0.6) is 0 Å². The maximum absolute atomic E-state index is 12.2.